The first-order valence-corrected chi connectivity index (χ1v) is 10.5. The summed E-state index contributed by atoms with van der Waals surface area (Å²) in [6, 6.07) is 6.10. The zero-order valence-corrected chi connectivity index (χ0v) is 16.5. The number of carbonyl (C=O) groups is 1. The van der Waals surface area contributed by atoms with Gasteiger partial charge in [-0.05, 0) is 24.1 Å². The Balaban J connectivity index is 1.41. The number of thiazole rings is 1. The first-order valence-electron chi connectivity index (χ1n) is 9.60. The highest BCUT2D eigenvalue weighted by Crippen LogP contribution is 2.50. The van der Waals surface area contributed by atoms with E-state index in [0.717, 1.165) is 49.1 Å². The molecule has 6 nitrogen and oxygen atoms in total. The second-order valence-electron chi connectivity index (χ2n) is 7.73. The Bertz CT molecular complexity index is 900. The number of aromatic nitrogens is 1. The molecule has 2 fully saturated rings. The van der Waals surface area contributed by atoms with Crippen molar-refractivity contribution in [2.75, 3.05) is 33.0 Å². The highest BCUT2D eigenvalue weighted by Gasteiger charge is 2.57. The fourth-order valence-corrected chi connectivity index (χ4v) is 5.65. The van der Waals surface area contributed by atoms with Crippen molar-refractivity contribution in [3.05, 3.63) is 53.0 Å². The minimum Gasteiger partial charge on any atom is -0.454 e. The standard InChI is InChI=1S/C21H23N3O3S/c1-2-7-24-8-5-21(20(24)25)13-23(12-16(21)19-22-6-9-28-19)11-15-3-4-17-18(10-15)27-14-26-17/h2-4,6,9-10,16H,1,5,7-8,11-14H2/t16-,21-/m1/s1. The molecule has 3 aliphatic rings. The Hall–Kier alpha value is -2.38. The van der Waals surface area contributed by atoms with Crippen molar-refractivity contribution in [1.29, 1.82) is 0 Å². The molecule has 5 rings (SSSR count). The number of carbonyl (C=O) groups excluding carboxylic acids is 1. The molecular formula is C21H23N3O3S. The molecule has 28 heavy (non-hydrogen) atoms. The molecule has 1 amide bonds. The molecule has 146 valence electrons. The van der Waals surface area contributed by atoms with Gasteiger partial charge in [0, 0.05) is 50.2 Å². The number of nitrogens with zero attached hydrogens (tertiary/aromatic N) is 3. The van der Waals surface area contributed by atoms with Gasteiger partial charge in [0.25, 0.3) is 0 Å². The van der Waals surface area contributed by atoms with E-state index in [1.165, 1.54) is 5.56 Å². The van der Waals surface area contributed by atoms with E-state index in [1.807, 2.05) is 34.7 Å². The maximum atomic E-state index is 13.4. The van der Waals surface area contributed by atoms with Crippen molar-refractivity contribution < 1.29 is 14.3 Å². The van der Waals surface area contributed by atoms with E-state index in [9.17, 15) is 4.79 Å². The quantitative estimate of drug-likeness (QED) is 0.726. The molecule has 3 aliphatic heterocycles. The average Bonchev–Trinajstić information content (AvgIpc) is 3.46. The molecule has 2 atom stereocenters. The predicted molar refractivity (Wildman–Crippen MR) is 107 cm³/mol. The van der Waals surface area contributed by atoms with Crippen molar-refractivity contribution in [2.24, 2.45) is 5.41 Å². The minimum absolute atomic E-state index is 0.142. The van der Waals surface area contributed by atoms with Gasteiger partial charge in [0.05, 0.1) is 10.4 Å². The van der Waals surface area contributed by atoms with Gasteiger partial charge in [0.1, 0.15) is 0 Å². The molecule has 0 aliphatic carbocycles. The van der Waals surface area contributed by atoms with Crippen LogP contribution in [0.4, 0.5) is 0 Å². The number of benzene rings is 1. The summed E-state index contributed by atoms with van der Waals surface area (Å²) in [6.45, 7) is 7.89. The summed E-state index contributed by atoms with van der Waals surface area (Å²) >= 11 is 1.66. The molecule has 2 saturated heterocycles. The summed E-state index contributed by atoms with van der Waals surface area (Å²) in [4.78, 5) is 22.3. The van der Waals surface area contributed by atoms with Crippen molar-refractivity contribution >= 4 is 17.2 Å². The maximum Gasteiger partial charge on any atom is 0.231 e. The number of ether oxygens (including phenoxy) is 2. The Labute approximate surface area is 168 Å². The highest BCUT2D eigenvalue weighted by atomic mass is 32.1. The fourth-order valence-electron chi connectivity index (χ4n) is 4.80. The Morgan fingerprint density at radius 2 is 2.25 bits per heavy atom. The summed E-state index contributed by atoms with van der Waals surface area (Å²) in [5.74, 6) is 2.00. The minimum atomic E-state index is -0.378. The predicted octanol–water partition coefficient (Wildman–Crippen LogP) is 2.88. The van der Waals surface area contributed by atoms with Crippen LogP contribution in [0, 0.1) is 5.41 Å². The van der Waals surface area contributed by atoms with Gasteiger partial charge in [-0.3, -0.25) is 9.69 Å². The second kappa shape index (κ2) is 6.90. The molecule has 1 aromatic heterocycles. The summed E-state index contributed by atoms with van der Waals surface area (Å²) < 4.78 is 10.9. The number of rotatable bonds is 5. The molecule has 2 aromatic rings. The molecular weight excluding hydrogens is 374 g/mol. The van der Waals surface area contributed by atoms with Crippen LogP contribution >= 0.6 is 11.3 Å². The van der Waals surface area contributed by atoms with E-state index in [0.29, 0.717) is 6.54 Å². The maximum absolute atomic E-state index is 13.4. The molecule has 0 bridgehead atoms. The van der Waals surface area contributed by atoms with E-state index < -0.39 is 0 Å². The fraction of sp³-hybridized carbons (Fsp3) is 0.429. The van der Waals surface area contributed by atoms with Gasteiger partial charge in [-0.15, -0.1) is 17.9 Å². The summed E-state index contributed by atoms with van der Waals surface area (Å²) in [5.41, 5.74) is 0.796. The summed E-state index contributed by atoms with van der Waals surface area (Å²) in [7, 11) is 0. The van der Waals surface area contributed by atoms with Crippen LogP contribution in [-0.2, 0) is 11.3 Å². The van der Waals surface area contributed by atoms with E-state index in [-0.39, 0.29) is 24.0 Å². The van der Waals surface area contributed by atoms with Gasteiger partial charge in [-0.1, -0.05) is 12.1 Å². The van der Waals surface area contributed by atoms with Crippen LogP contribution in [-0.4, -0.2) is 53.7 Å². The van der Waals surface area contributed by atoms with Crippen LogP contribution < -0.4 is 9.47 Å². The van der Waals surface area contributed by atoms with E-state index >= 15 is 0 Å². The van der Waals surface area contributed by atoms with Crippen LogP contribution in [0.3, 0.4) is 0 Å². The van der Waals surface area contributed by atoms with Crippen molar-refractivity contribution in [2.45, 2.75) is 18.9 Å². The van der Waals surface area contributed by atoms with Crippen molar-refractivity contribution in [1.82, 2.24) is 14.8 Å². The van der Waals surface area contributed by atoms with Gasteiger partial charge in [-0.25, -0.2) is 4.98 Å². The number of amides is 1. The third-order valence-electron chi connectivity index (χ3n) is 6.10. The molecule has 1 spiro atoms. The zero-order chi connectivity index (χ0) is 19.1. The van der Waals surface area contributed by atoms with Crippen LogP contribution in [0.2, 0.25) is 0 Å². The van der Waals surface area contributed by atoms with Gasteiger partial charge >= 0.3 is 0 Å². The van der Waals surface area contributed by atoms with E-state index in [4.69, 9.17) is 9.47 Å². The summed E-state index contributed by atoms with van der Waals surface area (Å²) in [6.07, 6.45) is 4.53. The molecule has 0 N–H and O–H groups in total. The zero-order valence-electron chi connectivity index (χ0n) is 15.7. The monoisotopic (exact) mass is 397 g/mol. The van der Waals surface area contributed by atoms with Gasteiger partial charge in [0.15, 0.2) is 11.5 Å². The number of hydrogen-bond donors (Lipinski definition) is 0. The first kappa shape index (κ1) is 17.7. The normalized spacial score (nSPS) is 26.5. The number of fused-ring (bicyclic) bond motifs is 1. The van der Waals surface area contributed by atoms with Crippen LogP contribution in [0.5, 0.6) is 11.5 Å². The van der Waals surface area contributed by atoms with Gasteiger partial charge < -0.3 is 14.4 Å². The smallest absolute Gasteiger partial charge is 0.231 e. The first-order chi connectivity index (χ1) is 13.7. The van der Waals surface area contributed by atoms with Gasteiger partial charge in [-0.2, -0.15) is 0 Å². The lowest BCUT2D eigenvalue weighted by molar-refractivity contribution is -0.135. The molecule has 1 aromatic carbocycles. The SMILES string of the molecule is C=CCN1CC[C@]2(CN(Cc3ccc4c(c3)OCO4)C[C@@H]2c2nccs2)C1=O. The lowest BCUT2D eigenvalue weighted by Gasteiger charge is -2.27. The largest absolute Gasteiger partial charge is 0.454 e. The average molecular weight is 398 g/mol. The topological polar surface area (TPSA) is 54.9 Å². The molecule has 0 unspecified atom stereocenters. The lowest BCUT2D eigenvalue weighted by Crippen LogP contribution is -2.39. The second-order valence-corrected chi connectivity index (χ2v) is 8.65. The van der Waals surface area contributed by atoms with Crippen LogP contribution in [0.1, 0.15) is 22.9 Å². The number of likely N-dealkylation sites (tertiary alicyclic amines) is 2. The van der Waals surface area contributed by atoms with Crippen molar-refractivity contribution in [3.63, 3.8) is 0 Å². The Morgan fingerprint density at radius 1 is 1.36 bits per heavy atom. The highest BCUT2D eigenvalue weighted by molar-refractivity contribution is 7.09. The third-order valence-corrected chi connectivity index (χ3v) is 6.99. The third kappa shape index (κ3) is 2.81. The molecule has 0 radical (unpaired) electrons. The number of hydrogen-bond acceptors (Lipinski definition) is 6. The van der Waals surface area contributed by atoms with Crippen LogP contribution in [0.15, 0.2) is 42.4 Å². The van der Waals surface area contributed by atoms with Crippen LogP contribution in [0.25, 0.3) is 0 Å². The summed E-state index contributed by atoms with van der Waals surface area (Å²) in [5, 5.41) is 3.08. The lowest BCUT2D eigenvalue weighted by atomic mass is 9.77. The van der Waals surface area contributed by atoms with E-state index in [2.05, 4.69) is 22.5 Å². The Morgan fingerprint density at radius 3 is 3.07 bits per heavy atom. The molecule has 4 heterocycles. The molecule has 7 heteroatoms. The van der Waals surface area contributed by atoms with Gasteiger partial charge in [0.2, 0.25) is 12.7 Å². The molecule has 0 saturated carbocycles. The van der Waals surface area contributed by atoms with E-state index in [1.54, 1.807) is 11.3 Å². The van der Waals surface area contributed by atoms with Crippen molar-refractivity contribution in [3.8, 4) is 11.5 Å². The Kier molecular flexibility index (Phi) is 4.36.